The average Bonchev–Trinajstić information content (AvgIpc) is 2.58. The molecule has 0 aliphatic rings. The van der Waals surface area contributed by atoms with E-state index in [0.29, 0.717) is 25.4 Å². The van der Waals surface area contributed by atoms with E-state index < -0.39 is 6.29 Å². The van der Waals surface area contributed by atoms with Crippen LogP contribution in [-0.2, 0) is 16.1 Å². The van der Waals surface area contributed by atoms with Crippen LogP contribution in [0.2, 0.25) is 0 Å². The van der Waals surface area contributed by atoms with Crippen LogP contribution in [0.5, 0.6) is 5.75 Å². The molecule has 1 N–H and O–H groups in total. The van der Waals surface area contributed by atoms with Crippen molar-refractivity contribution in [1.29, 1.82) is 0 Å². The predicted octanol–water partition coefficient (Wildman–Crippen LogP) is 3.31. The van der Waals surface area contributed by atoms with Crippen molar-refractivity contribution < 1.29 is 19.3 Å². The van der Waals surface area contributed by atoms with Gasteiger partial charge in [-0.3, -0.25) is 0 Å². The number of ether oxygens (including phenoxy) is 3. The topological polar surface area (TPSA) is 47.9 Å². The van der Waals surface area contributed by atoms with Crippen molar-refractivity contribution in [3.63, 3.8) is 0 Å². The molecular formula is C18H22O4. The van der Waals surface area contributed by atoms with Crippen LogP contribution in [-0.4, -0.2) is 25.4 Å². The number of benzene rings is 2. The maximum absolute atomic E-state index is 9.91. The molecule has 0 aliphatic heterocycles. The Morgan fingerprint density at radius 1 is 0.955 bits per heavy atom. The third-order valence-corrected chi connectivity index (χ3v) is 3.18. The molecule has 4 nitrogen and oxygen atoms in total. The number of hydrogen-bond acceptors (Lipinski definition) is 4. The maximum Gasteiger partial charge on any atom is 0.181 e. The minimum absolute atomic E-state index is 0.460. The van der Waals surface area contributed by atoms with Crippen molar-refractivity contribution in [2.45, 2.75) is 19.3 Å². The summed E-state index contributed by atoms with van der Waals surface area (Å²) in [6.07, 6.45) is -0.161. The van der Waals surface area contributed by atoms with Crippen LogP contribution in [0.25, 0.3) is 0 Å². The first-order chi connectivity index (χ1) is 10.8. The van der Waals surface area contributed by atoms with Crippen LogP contribution in [0.3, 0.4) is 0 Å². The zero-order valence-electron chi connectivity index (χ0n) is 12.8. The number of methoxy groups -OCH3 is 1. The van der Waals surface area contributed by atoms with Gasteiger partial charge in [0.1, 0.15) is 12.4 Å². The van der Waals surface area contributed by atoms with Gasteiger partial charge >= 0.3 is 0 Å². The summed E-state index contributed by atoms with van der Waals surface area (Å²) in [4.78, 5) is 0. The zero-order chi connectivity index (χ0) is 15.6. The van der Waals surface area contributed by atoms with Gasteiger partial charge in [-0.25, -0.2) is 0 Å². The molecule has 0 radical (unpaired) electrons. The van der Waals surface area contributed by atoms with Crippen LogP contribution in [0, 0.1) is 0 Å². The maximum atomic E-state index is 9.91. The smallest absolute Gasteiger partial charge is 0.181 e. The van der Waals surface area contributed by atoms with E-state index in [4.69, 9.17) is 14.2 Å². The van der Waals surface area contributed by atoms with E-state index in [1.54, 1.807) is 19.2 Å². The summed E-state index contributed by atoms with van der Waals surface area (Å²) in [6, 6.07) is 17.3. The standard InChI is InChI=1S/C18H22O4/c1-20-12-5-13-21-18(19)16-8-10-17(11-9-16)22-14-15-6-3-2-4-7-15/h2-4,6-11,18-19H,5,12-14H2,1H3. The van der Waals surface area contributed by atoms with Crippen LogP contribution < -0.4 is 4.74 Å². The highest BCUT2D eigenvalue weighted by Crippen LogP contribution is 2.19. The molecule has 0 heterocycles. The summed E-state index contributed by atoms with van der Waals surface area (Å²) < 4.78 is 16.0. The van der Waals surface area contributed by atoms with Gasteiger partial charge in [-0.2, -0.15) is 0 Å². The van der Waals surface area contributed by atoms with Crippen molar-refractivity contribution in [3.8, 4) is 5.75 Å². The monoisotopic (exact) mass is 302 g/mol. The zero-order valence-corrected chi connectivity index (χ0v) is 12.8. The molecule has 2 rings (SSSR count). The van der Waals surface area contributed by atoms with E-state index >= 15 is 0 Å². The second kappa shape index (κ2) is 9.20. The van der Waals surface area contributed by atoms with Gasteiger partial charge in [0.05, 0.1) is 6.61 Å². The third kappa shape index (κ3) is 5.48. The first-order valence-corrected chi connectivity index (χ1v) is 7.35. The predicted molar refractivity (Wildman–Crippen MR) is 84.6 cm³/mol. The summed E-state index contributed by atoms with van der Waals surface area (Å²) in [7, 11) is 1.64. The second-order valence-electron chi connectivity index (χ2n) is 4.91. The van der Waals surface area contributed by atoms with Gasteiger partial charge in [0.15, 0.2) is 6.29 Å². The molecule has 1 unspecified atom stereocenters. The fourth-order valence-electron chi connectivity index (χ4n) is 1.96. The van der Waals surface area contributed by atoms with Crippen LogP contribution in [0.15, 0.2) is 54.6 Å². The summed E-state index contributed by atoms with van der Waals surface area (Å²) in [5.41, 5.74) is 1.83. The van der Waals surface area contributed by atoms with E-state index in [1.807, 2.05) is 42.5 Å². The molecule has 4 heteroatoms. The first kappa shape index (κ1) is 16.5. The van der Waals surface area contributed by atoms with E-state index in [1.165, 1.54) is 0 Å². The molecule has 2 aromatic carbocycles. The highest BCUT2D eigenvalue weighted by molar-refractivity contribution is 5.28. The Kier molecular flexibility index (Phi) is 6.90. The first-order valence-electron chi connectivity index (χ1n) is 7.35. The Morgan fingerprint density at radius 3 is 2.36 bits per heavy atom. The van der Waals surface area contributed by atoms with Crippen LogP contribution in [0.4, 0.5) is 0 Å². The van der Waals surface area contributed by atoms with Gasteiger partial charge in [-0.1, -0.05) is 42.5 Å². The molecule has 0 aromatic heterocycles. The lowest BCUT2D eigenvalue weighted by Gasteiger charge is -2.13. The number of hydrogen-bond donors (Lipinski definition) is 1. The van der Waals surface area contributed by atoms with E-state index in [9.17, 15) is 5.11 Å². The highest BCUT2D eigenvalue weighted by atomic mass is 16.6. The van der Waals surface area contributed by atoms with E-state index in [2.05, 4.69) is 0 Å². The van der Waals surface area contributed by atoms with Crippen molar-refractivity contribution in [3.05, 3.63) is 65.7 Å². The highest BCUT2D eigenvalue weighted by Gasteiger charge is 2.07. The van der Waals surface area contributed by atoms with E-state index in [-0.39, 0.29) is 0 Å². The number of aliphatic hydroxyl groups is 1. The summed E-state index contributed by atoms with van der Waals surface area (Å²) >= 11 is 0. The minimum Gasteiger partial charge on any atom is -0.489 e. The Morgan fingerprint density at radius 2 is 1.68 bits per heavy atom. The van der Waals surface area contributed by atoms with Crippen molar-refractivity contribution in [2.75, 3.05) is 20.3 Å². The van der Waals surface area contributed by atoms with Gasteiger partial charge in [-0.15, -0.1) is 0 Å². The minimum atomic E-state index is -0.917. The Hall–Kier alpha value is -1.88. The van der Waals surface area contributed by atoms with Gasteiger partial charge < -0.3 is 19.3 Å². The molecule has 22 heavy (non-hydrogen) atoms. The van der Waals surface area contributed by atoms with Crippen molar-refractivity contribution in [1.82, 2.24) is 0 Å². The average molecular weight is 302 g/mol. The molecule has 0 amide bonds. The molecule has 0 saturated heterocycles. The third-order valence-electron chi connectivity index (χ3n) is 3.18. The molecule has 118 valence electrons. The molecular weight excluding hydrogens is 280 g/mol. The lowest BCUT2D eigenvalue weighted by atomic mass is 10.2. The Balaban J connectivity index is 1.79. The Labute approximate surface area is 131 Å². The molecule has 0 aliphatic carbocycles. The summed E-state index contributed by atoms with van der Waals surface area (Å²) in [5.74, 6) is 0.763. The van der Waals surface area contributed by atoms with Gasteiger partial charge in [0.25, 0.3) is 0 Å². The lowest BCUT2D eigenvalue weighted by molar-refractivity contribution is -0.106. The molecule has 0 saturated carbocycles. The van der Waals surface area contributed by atoms with Gasteiger partial charge in [-0.05, 0) is 24.1 Å². The van der Waals surface area contributed by atoms with Crippen molar-refractivity contribution in [2.24, 2.45) is 0 Å². The van der Waals surface area contributed by atoms with Gasteiger partial charge in [0.2, 0.25) is 0 Å². The SMILES string of the molecule is COCCCOC(O)c1ccc(OCc2ccccc2)cc1. The fraction of sp³-hybridized carbons (Fsp3) is 0.333. The van der Waals surface area contributed by atoms with Crippen LogP contribution >= 0.6 is 0 Å². The van der Waals surface area contributed by atoms with Gasteiger partial charge in [0, 0.05) is 19.3 Å². The van der Waals surface area contributed by atoms with E-state index in [0.717, 1.165) is 17.7 Å². The molecule has 0 bridgehead atoms. The lowest BCUT2D eigenvalue weighted by Crippen LogP contribution is -2.06. The van der Waals surface area contributed by atoms with Crippen molar-refractivity contribution >= 4 is 0 Å². The normalized spacial score (nSPS) is 12.1. The summed E-state index contributed by atoms with van der Waals surface area (Å²) in [6.45, 7) is 1.61. The molecule has 2 aromatic rings. The fourth-order valence-corrected chi connectivity index (χ4v) is 1.96. The molecule has 0 spiro atoms. The molecule has 0 fully saturated rings. The summed E-state index contributed by atoms with van der Waals surface area (Å²) in [5, 5.41) is 9.91. The Bertz CT molecular complexity index is 525. The largest absolute Gasteiger partial charge is 0.489 e. The second-order valence-corrected chi connectivity index (χ2v) is 4.91. The quantitative estimate of drug-likeness (QED) is 0.570. The molecule has 1 atom stereocenters. The van der Waals surface area contributed by atoms with Crippen LogP contribution in [0.1, 0.15) is 23.8 Å². The number of aliphatic hydroxyl groups excluding tert-OH is 1. The number of rotatable bonds is 9.